The van der Waals surface area contributed by atoms with Crippen molar-refractivity contribution in [2.45, 2.75) is 57.1 Å². The molecular weight excluding hydrogens is 629 g/mol. The van der Waals surface area contributed by atoms with Gasteiger partial charge in [-0.3, -0.25) is 13.9 Å². The van der Waals surface area contributed by atoms with Gasteiger partial charge in [0, 0.05) is 28.5 Å². The summed E-state index contributed by atoms with van der Waals surface area (Å²) in [5, 5.41) is 3.76. The Bertz CT molecular complexity index is 1740. The van der Waals surface area contributed by atoms with Crippen molar-refractivity contribution in [1.29, 1.82) is 0 Å². The number of rotatable bonds is 11. The van der Waals surface area contributed by atoms with Crippen molar-refractivity contribution in [3.05, 3.63) is 130 Å². The first-order chi connectivity index (χ1) is 21.2. The molecule has 7 nitrogen and oxygen atoms in total. The van der Waals surface area contributed by atoms with Crippen LogP contribution < -0.4 is 9.62 Å². The number of halogens is 2. The first-order valence-corrected chi connectivity index (χ1v) is 16.7. The second-order valence-corrected chi connectivity index (χ2v) is 14.6. The molecule has 0 aliphatic rings. The quantitative estimate of drug-likeness (QED) is 0.186. The van der Waals surface area contributed by atoms with E-state index >= 15 is 0 Å². The lowest BCUT2D eigenvalue weighted by Crippen LogP contribution is -2.56. The van der Waals surface area contributed by atoms with Crippen molar-refractivity contribution < 1.29 is 18.0 Å². The molecule has 0 spiro atoms. The van der Waals surface area contributed by atoms with Gasteiger partial charge in [-0.25, -0.2) is 8.42 Å². The smallest absolute Gasteiger partial charge is 0.264 e. The highest BCUT2D eigenvalue weighted by atomic mass is 35.5. The summed E-state index contributed by atoms with van der Waals surface area (Å²) in [6.07, 6.45) is 0.190. The molecule has 0 aliphatic carbocycles. The van der Waals surface area contributed by atoms with E-state index < -0.39 is 34.1 Å². The molecule has 1 N–H and O–H groups in total. The number of anilines is 1. The topological polar surface area (TPSA) is 86.8 Å². The minimum Gasteiger partial charge on any atom is -0.350 e. The molecule has 0 saturated carbocycles. The van der Waals surface area contributed by atoms with Crippen molar-refractivity contribution in [3.63, 3.8) is 0 Å². The Labute approximate surface area is 275 Å². The molecule has 2 amide bonds. The van der Waals surface area contributed by atoms with E-state index in [-0.39, 0.29) is 23.8 Å². The molecule has 10 heteroatoms. The van der Waals surface area contributed by atoms with Gasteiger partial charge in [0.2, 0.25) is 11.8 Å². The number of carbonyl (C=O) groups is 2. The third-order valence-corrected chi connectivity index (χ3v) is 9.40. The lowest BCUT2D eigenvalue weighted by Gasteiger charge is -2.35. The molecule has 0 radical (unpaired) electrons. The summed E-state index contributed by atoms with van der Waals surface area (Å²) >= 11 is 12.7. The molecule has 236 valence electrons. The maximum absolute atomic E-state index is 14.5. The first-order valence-electron chi connectivity index (χ1n) is 14.5. The van der Waals surface area contributed by atoms with Gasteiger partial charge in [-0.1, -0.05) is 89.9 Å². The Morgan fingerprint density at radius 3 is 2.09 bits per heavy atom. The lowest BCUT2D eigenvalue weighted by molar-refractivity contribution is -0.140. The number of amides is 2. The molecule has 0 saturated heterocycles. The van der Waals surface area contributed by atoms with E-state index in [4.69, 9.17) is 23.2 Å². The molecule has 4 aromatic carbocycles. The summed E-state index contributed by atoms with van der Waals surface area (Å²) in [7, 11) is -4.18. The summed E-state index contributed by atoms with van der Waals surface area (Å²) in [6, 6.07) is 28.2. The standard InChI is InChI=1S/C35H37Cl2N3O4S/c1-25-12-11-15-29(20-25)40(45(43,44)30-16-9-6-10-17-30)24-33(41)39(23-27-18-19-28(36)22-31(27)37)32(34(42)38-35(2,3)4)21-26-13-7-5-8-14-26/h5-20,22,32H,21,23-24H2,1-4H3,(H,38,42). The number of carbonyl (C=O) groups excluding carboxylic acids is 2. The molecule has 4 aromatic rings. The SMILES string of the molecule is Cc1cccc(N(CC(=O)N(Cc2ccc(Cl)cc2Cl)C(Cc2ccccc2)C(=O)NC(C)(C)C)S(=O)(=O)c2ccccc2)c1. The Kier molecular flexibility index (Phi) is 11.0. The van der Waals surface area contributed by atoms with Gasteiger partial charge in [0.15, 0.2) is 0 Å². The van der Waals surface area contributed by atoms with Crippen LogP contribution in [0.4, 0.5) is 5.69 Å². The van der Waals surface area contributed by atoms with Crippen molar-refractivity contribution in [1.82, 2.24) is 10.2 Å². The molecule has 1 unspecified atom stereocenters. The predicted molar refractivity (Wildman–Crippen MR) is 181 cm³/mol. The van der Waals surface area contributed by atoms with Gasteiger partial charge in [-0.15, -0.1) is 0 Å². The van der Waals surface area contributed by atoms with Gasteiger partial charge >= 0.3 is 0 Å². The monoisotopic (exact) mass is 665 g/mol. The first kappa shape index (κ1) is 34.0. The van der Waals surface area contributed by atoms with Crippen LogP contribution in [0.1, 0.15) is 37.5 Å². The molecule has 0 fully saturated rings. The van der Waals surface area contributed by atoms with E-state index in [0.717, 1.165) is 15.4 Å². The summed E-state index contributed by atoms with van der Waals surface area (Å²) in [6.45, 7) is 6.81. The maximum Gasteiger partial charge on any atom is 0.264 e. The van der Waals surface area contributed by atoms with Crippen molar-refractivity contribution in [2.75, 3.05) is 10.8 Å². The lowest BCUT2D eigenvalue weighted by atomic mass is 10.0. The van der Waals surface area contributed by atoms with E-state index in [1.165, 1.54) is 17.0 Å². The molecule has 1 atom stereocenters. The van der Waals surface area contributed by atoms with Gasteiger partial charge < -0.3 is 10.2 Å². The fourth-order valence-corrected chi connectivity index (χ4v) is 6.77. The van der Waals surface area contributed by atoms with Crippen LogP contribution in [0.3, 0.4) is 0 Å². The van der Waals surface area contributed by atoms with Crippen LogP contribution in [0.15, 0.2) is 108 Å². The van der Waals surface area contributed by atoms with Crippen molar-refractivity contribution in [2.24, 2.45) is 0 Å². The minimum absolute atomic E-state index is 0.0397. The molecule has 0 bridgehead atoms. The normalized spacial score (nSPS) is 12.3. The van der Waals surface area contributed by atoms with Crippen LogP contribution in [0, 0.1) is 6.92 Å². The average Bonchev–Trinajstić information content (AvgIpc) is 2.98. The molecule has 45 heavy (non-hydrogen) atoms. The molecule has 4 rings (SSSR count). The summed E-state index contributed by atoms with van der Waals surface area (Å²) < 4.78 is 29.2. The van der Waals surface area contributed by atoms with Crippen LogP contribution in [0.2, 0.25) is 10.0 Å². The van der Waals surface area contributed by atoms with Crippen LogP contribution in [0.5, 0.6) is 0 Å². The summed E-state index contributed by atoms with van der Waals surface area (Å²) in [5.74, 6) is -0.954. The highest BCUT2D eigenvalue weighted by molar-refractivity contribution is 7.92. The van der Waals surface area contributed by atoms with Gasteiger partial charge in [0.05, 0.1) is 10.6 Å². The minimum atomic E-state index is -4.18. The number of benzene rings is 4. The predicted octanol–water partition coefficient (Wildman–Crippen LogP) is 7.05. The van der Waals surface area contributed by atoms with Crippen molar-refractivity contribution >= 4 is 50.7 Å². The highest BCUT2D eigenvalue weighted by Crippen LogP contribution is 2.28. The third kappa shape index (κ3) is 9.10. The number of hydrogen-bond acceptors (Lipinski definition) is 4. The van der Waals surface area contributed by atoms with Gasteiger partial charge in [-0.2, -0.15) is 0 Å². The van der Waals surface area contributed by atoms with Crippen LogP contribution >= 0.6 is 23.2 Å². The van der Waals surface area contributed by atoms with E-state index in [2.05, 4.69) is 5.32 Å². The number of aryl methyl sites for hydroxylation is 1. The van der Waals surface area contributed by atoms with Crippen LogP contribution in [-0.4, -0.2) is 43.3 Å². The molecule has 0 heterocycles. The van der Waals surface area contributed by atoms with Gasteiger partial charge in [-0.05, 0) is 80.8 Å². The summed E-state index contributed by atoms with van der Waals surface area (Å²) in [5.41, 5.74) is 1.95. The van der Waals surface area contributed by atoms with Crippen LogP contribution in [-0.2, 0) is 32.6 Å². The zero-order valence-electron chi connectivity index (χ0n) is 25.7. The fourth-order valence-electron chi connectivity index (χ4n) is 4.87. The van der Waals surface area contributed by atoms with Gasteiger partial charge in [0.25, 0.3) is 10.0 Å². The second kappa shape index (κ2) is 14.5. The van der Waals surface area contributed by atoms with E-state index in [1.807, 2.05) is 64.1 Å². The Morgan fingerprint density at radius 1 is 0.844 bits per heavy atom. The largest absolute Gasteiger partial charge is 0.350 e. The van der Waals surface area contributed by atoms with Crippen LogP contribution in [0.25, 0.3) is 0 Å². The Morgan fingerprint density at radius 2 is 1.49 bits per heavy atom. The second-order valence-electron chi connectivity index (χ2n) is 11.9. The molecule has 0 aliphatic heterocycles. The highest BCUT2D eigenvalue weighted by Gasteiger charge is 2.36. The number of hydrogen-bond donors (Lipinski definition) is 1. The van der Waals surface area contributed by atoms with E-state index in [0.29, 0.717) is 21.3 Å². The fraction of sp³-hybridized carbons (Fsp3) is 0.257. The van der Waals surface area contributed by atoms with E-state index in [9.17, 15) is 18.0 Å². The van der Waals surface area contributed by atoms with E-state index in [1.54, 1.807) is 54.6 Å². The Balaban J connectivity index is 1.84. The summed E-state index contributed by atoms with van der Waals surface area (Å²) in [4.78, 5) is 30.0. The zero-order valence-corrected chi connectivity index (χ0v) is 28.0. The number of nitrogens with zero attached hydrogens (tertiary/aromatic N) is 2. The number of nitrogens with one attached hydrogen (secondary N) is 1. The zero-order chi connectivity index (χ0) is 32.8. The maximum atomic E-state index is 14.5. The third-order valence-electron chi connectivity index (χ3n) is 7.02. The van der Waals surface area contributed by atoms with Crippen molar-refractivity contribution in [3.8, 4) is 0 Å². The Hall–Kier alpha value is -3.85. The molecular formula is C35H37Cl2N3O4S. The molecule has 0 aromatic heterocycles. The van der Waals surface area contributed by atoms with Gasteiger partial charge in [0.1, 0.15) is 12.6 Å². The number of sulfonamides is 1. The average molecular weight is 667 g/mol.